The van der Waals surface area contributed by atoms with Crippen LogP contribution in [0.25, 0.3) is 6.08 Å². The minimum absolute atomic E-state index is 0.0474. The molecule has 0 saturated carbocycles. The quantitative estimate of drug-likeness (QED) is 0.802. The maximum Gasteiger partial charge on any atom is 0.328 e. The van der Waals surface area contributed by atoms with Gasteiger partial charge in [-0.05, 0) is 31.6 Å². The van der Waals surface area contributed by atoms with Crippen molar-refractivity contribution in [3.05, 3.63) is 35.7 Å². The van der Waals surface area contributed by atoms with Crippen LogP contribution in [-0.2, 0) is 4.79 Å². The van der Waals surface area contributed by atoms with Crippen molar-refractivity contribution >= 4 is 12.0 Å². The van der Waals surface area contributed by atoms with Crippen LogP contribution in [0.15, 0.2) is 24.3 Å². The smallest absolute Gasteiger partial charge is 0.328 e. The maximum absolute atomic E-state index is 13.1. The number of rotatable bonds is 5. The first-order valence-electron chi connectivity index (χ1n) is 5.40. The highest BCUT2D eigenvalue weighted by Gasteiger charge is 2.07. The third kappa shape index (κ3) is 4.26. The number of ether oxygens (including phenoxy) is 1. The summed E-state index contributed by atoms with van der Waals surface area (Å²) in [5, 5.41) is 8.55. The third-order valence-electron chi connectivity index (χ3n) is 2.28. The molecule has 0 fully saturated rings. The van der Waals surface area contributed by atoms with Gasteiger partial charge >= 0.3 is 5.97 Å². The van der Waals surface area contributed by atoms with Gasteiger partial charge in [0.2, 0.25) is 0 Å². The number of carboxylic acid groups (broad SMARTS) is 1. The summed E-state index contributed by atoms with van der Waals surface area (Å²) in [6.45, 7) is 3.83. The molecule has 4 heteroatoms. The number of halogens is 1. The topological polar surface area (TPSA) is 46.5 Å². The molecule has 3 nitrogen and oxygen atoms in total. The Morgan fingerprint density at radius 1 is 1.59 bits per heavy atom. The minimum atomic E-state index is -1.05. The van der Waals surface area contributed by atoms with E-state index in [-0.39, 0.29) is 6.10 Å². The summed E-state index contributed by atoms with van der Waals surface area (Å²) in [5.41, 5.74) is 0.550. The van der Waals surface area contributed by atoms with Crippen LogP contribution in [0.1, 0.15) is 25.8 Å². The van der Waals surface area contributed by atoms with Crippen LogP contribution < -0.4 is 4.74 Å². The standard InChI is InChI=1S/C13H15FO3/c1-3-9(2)17-12-8-11(14)6-4-10(12)5-7-13(15)16/h4-9H,3H2,1-2H3,(H,15,16). The summed E-state index contributed by atoms with van der Waals surface area (Å²) < 4.78 is 18.6. The molecule has 17 heavy (non-hydrogen) atoms. The van der Waals surface area contributed by atoms with Crippen molar-refractivity contribution in [2.45, 2.75) is 26.4 Å². The lowest BCUT2D eigenvalue weighted by Gasteiger charge is -2.14. The summed E-state index contributed by atoms with van der Waals surface area (Å²) in [4.78, 5) is 10.4. The molecule has 1 atom stereocenters. The maximum atomic E-state index is 13.1. The lowest BCUT2D eigenvalue weighted by atomic mass is 10.1. The van der Waals surface area contributed by atoms with Gasteiger partial charge in [-0.2, -0.15) is 0 Å². The van der Waals surface area contributed by atoms with Crippen LogP contribution >= 0.6 is 0 Å². The Balaban J connectivity index is 2.99. The first kappa shape index (κ1) is 13.2. The predicted molar refractivity (Wildman–Crippen MR) is 63.5 cm³/mol. The molecule has 0 radical (unpaired) electrons. The molecule has 0 heterocycles. The predicted octanol–water partition coefficient (Wildman–Crippen LogP) is 3.10. The van der Waals surface area contributed by atoms with Crippen molar-refractivity contribution < 1.29 is 19.0 Å². The van der Waals surface area contributed by atoms with Crippen molar-refractivity contribution in [2.75, 3.05) is 0 Å². The SMILES string of the molecule is CCC(C)Oc1cc(F)ccc1C=CC(=O)O. The highest BCUT2D eigenvalue weighted by molar-refractivity contribution is 5.85. The van der Waals surface area contributed by atoms with Crippen molar-refractivity contribution in [1.29, 1.82) is 0 Å². The molecular formula is C13H15FO3. The van der Waals surface area contributed by atoms with E-state index in [1.807, 2.05) is 13.8 Å². The first-order chi connectivity index (χ1) is 8.02. The fourth-order valence-electron chi connectivity index (χ4n) is 1.21. The molecule has 1 rings (SSSR count). The lowest BCUT2D eigenvalue weighted by Crippen LogP contribution is -2.10. The van der Waals surface area contributed by atoms with Crippen molar-refractivity contribution in [2.24, 2.45) is 0 Å². The van der Waals surface area contributed by atoms with Gasteiger partial charge in [-0.1, -0.05) is 6.92 Å². The number of hydrogen-bond donors (Lipinski definition) is 1. The van der Waals surface area contributed by atoms with E-state index in [0.29, 0.717) is 11.3 Å². The van der Waals surface area contributed by atoms with Crippen molar-refractivity contribution in [3.8, 4) is 5.75 Å². The number of carbonyl (C=O) groups is 1. The van der Waals surface area contributed by atoms with Gasteiger partial charge in [0.05, 0.1) is 6.10 Å². The van der Waals surface area contributed by atoms with Crippen molar-refractivity contribution in [3.63, 3.8) is 0 Å². The Morgan fingerprint density at radius 3 is 2.88 bits per heavy atom. The fourth-order valence-corrected chi connectivity index (χ4v) is 1.21. The number of hydrogen-bond acceptors (Lipinski definition) is 2. The molecule has 1 aromatic rings. The Labute approximate surface area is 99.5 Å². The third-order valence-corrected chi connectivity index (χ3v) is 2.28. The second kappa shape index (κ2) is 6.03. The van der Waals surface area contributed by atoms with E-state index in [0.717, 1.165) is 12.5 Å². The van der Waals surface area contributed by atoms with Crippen LogP contribution in [0.2, 0.25) is 0 Å². The molecule has 1 N–H and O–H groups in total. The Bertz CT molecular complexity index is 427. The molecule has 0 aliphatic carbocycles. The van der Waals surface area contributed by atoms with Gasteiger partial charge in [-0.3, -0.25) is 0 Å². The minimum Gasteiger partial charge on any atom is -0.490 e. The zero-order valence-electron chi connectivity index (χ0n) is 9.81. The van der Waals surface area contributed by atoms with Crippen LogP contribution in [0, 0.1) is 5.82 Å². The van der Waals surface area contributed by atoms with Gasteiger partial charge in [0.25, 0.3) is 0 Å². The summed E-state index contributed by atoms with van der Waals surface area (Å²) in [6.07, 6.45) is 3.13. The normalized spacial score (nSPS) is 12.6. The molecule has 0 amide bonds. The molecular weight excluding hydrogens is 223 g/mol. The van der Waals surface area contributed by atoms with Crippen LogP contribution in [0.4, 0.5) is 4.39 Å². The van der Waals surface area contributed by atoms with E-state index >= 15 is 0 Å². The number of aliphatic carboxylic acids is 1. The number of benzene rings is 1. The fraction of sp³-hybridized carbons (Fsp3) is 0.308. The van der Waals surface area contributed by atoms with E-state index in [1.54, 1.807) is 0 Å². The monoisotopic (exact) mass is 238 g/mol. The summed E-state index contributed by atoms with van der Waals surface area (Å²) in [7, 11) is 0. The zero-order valence-corrected chi connectivity index (χ0v) is 9.81. The largest absolute Gasteiger partial charge is 0.490 e. The second-order valence-corrected chi connectivity index (χ2v) is 3.69. The highest BCUT2D eigenvalue weighted by atomic mass is 19.1. The lowest BCUT2D eigenvalue weighted by molar-refractivity contribution is -0.131. The van der Waals surface area contributed by atoms with Gasteiger partial charge in [0.1, 0.15) is 11.6 Å². The van der Waals surface area contributed by atoms with E-state index in [2.05, 4.69) is 0 Å². The Morgan fingerprint density at radius 2 is 2.29 bits per heavy atom. The highest BCUT2D eigenvalue weighted by Crippen LogP contribution is 2.23. The zero-order chi connectivity index (χ0) is 12.8. The molecule has 0 aliphatic heterocycles. The molecule has 0 bridgehead atoms. The van der Waals surface area contributed by atoms with Crippen molar-refractivity contribution in [1.82, 2.24) is 0 Å². The van der Waals surface area contributed by atoms with Gasteiger partial charge in [0, 0.05) is 17.7 Å². The van der Waals surface area contributed by atoms with E-state index < -0.39 is 11.8 Å². The molecule has 0 aromatic heterocycles. The summed E-state index contributed by atoms with van der Waals surface area (Å²) in [5.74, 6) is -1.10. The van der Waals surface area contributed by atoms with Gasteiger partial charge < -0.3 is 9.84 Å². The van der Waals surface area contributed by atoms with Crippen LogP contribution in [0.5, 0.6) is 5.75 Å². The molecule has 0 aliphatic rings. The summed E-state index contributed by atoms with van der Waals surface area (Å²) in [6, 6.07) is 4.02. The molecule has 1 aromatic carbocycles. The Hall–Kier alpha value is -1.84. The van der Waals surface area contributed by atoms with Crippen LogP contribution in [-0.4, -0.2) is 17.2 Å². The Kier molecular flexibility index (Phi) is 4.69. The molecule has 92 valence electrons. The molecule has 1 unspecified atom stereocenters. The molecule has 0 saturated heterocycles. The average molecular weight is 238 g/mol. The van der Waals surface area contributed by atoms with Gasteiger partial charge in [0.15, 0.2) is 0 Å². The van der Waals surface area contributed by atoms with Gasteiger partial charge in [-0.25, -0.2) is 9.18 Å². The van der Waals surface area contributed by atoms with E-state index in [9.17, 15) is 9.18 Å². The average Bonchev–Trinajstić information content (AvgIpc) is 2.27. The van der Waals surface area contributed by atoms with E-state index in [4.69, 9.17) is 9.84 Å². The number of carboxylic acids is 1. The first-order valence-corrected chi connectivity index (χ1v) is 5.40. The van der Waals surface area contributed by atoms with Gasteiger partial charge in [-0.15, -0.1) is 0 Å². The summed E-state index contributed by atoms with van der Waals surface area (Å²) >= 11 is 0. The van der Waals surface area contributed by atoms with E-state index in [1.165, 1.54) is 24.3 Å². The molecule has 0 spiro atoms. The van der Waals surface area contributed by atoms with Crippen LogP contribution in [0.3, 0.4) is 0 Å². The second-order valence-electron chi connectivity index (χ2n) is 3.69.